The molecular weight excluding hydrogens is 243 g/mol. The van der Waals surface area contributed by atoms with Gasteiger partial charge in [0.2, 0.25) is 0 Å². The van der Waals surface area contributed by atoms with Gasteiger partial charge >= 0.3 is 57.4 Å². The molecule has 0 fully saturated rings. The molecule has 0 aromatic rings. The van der Waals surface area contributed by atoms with E-state index in [0.29, 0.717) is 0 Å². The van der Waals surface area contributed by atoms with Crippen LogP contribution in [0.1, 0.15) is 13.8 Å². The third-order valence-corrected chi connectivity index (χ3v) is 1.96. The fourth-order valence-electron chi connectivity index (χ4n) is 1.28. The zero-order chi connectivity index (χ0) is 11.7. The maximum Gasteiger partial charge on any atom is 1.00 e. The van der Waals surface area contributed by atoms with Crippen LogP contribution < -0.4 is 56.5 Å². The zero-order valence-electron chi connectivity index (χ0n) is 9.03. The van der Waals surface area contributed by atoms with E-state index in [2.05, 4.69) is 4.74 Å². The molecule has 1 unspecified atom stereocenters. The number of ketones is 2. The molecule has 1 atom stereocenters. The number of carbonyl (C=O) groups excluding carboxylic acids is 4. The largest absolute Gasteiger partial charge is 1.00 e. The number of aliphatic carboxylic acids is 1. The molecule has 0 bridgehead atoms. The fraction of sp³-hybridized carbons (Fsp3) is 0.333. The van der Waals surface area contributed by atoms with E-state index in [1.54, 1.807) is 0 Å². The number of hydrogen-bond donors (Lipinski definition) is 0. The van der Waals surface area contributed by atoms with E-state index in [9.17, 15) is 24.3 Å². The Hall–Kier alpha value is -0.344. The number of ether oxygens (including phenoxy) is 1. The number of esters is 1. The maximum atomic E-state index is 11.4. The van der Waals surface area contributed by atoms with Crippen molar-refractivity contribution in [1.29, 1.82) is 0 Å². The van der Waals surface area contributed by atoms with Crippen LogP contribution in [0.4, 0.5) is 0 Å². The first-order chi connectivity index (χ1) is 6.86. The molecule has 0 saturated carbocycles. The van der Waals surface area contributed by atoms with Gasteiger partial charge in [0.1, 0.15) is 5.76 Å². The second-order valence-corrected chi connectivity index (χ2v) is 3.05. The first kappa shape index (κ1) is 15.7. The second-order valence-electron chi connectivity index (χ2n) is 3.05. The molecule has 0 spiro atoms. The number of cyclic esters (lactones) is 1. The summed E-state index contributed by atoms with van der Waals surface area (Å²) in [5.41, 5.74) is -0.755. The number of hydrogen-bond acceptors (Lipinski definition) is 6. The predicted octanol–water partition coefficient (Wildman–Crippen LogP) is -4.65. The Balaban J connectivity index is 0.00000225. The van der Waals surface area contributed by atoms with Crippen LogP contribution in [0, 0.1) is 5.92 Å². The van der Waals surface area contributed by atoms with Gasteiger partial charge < -0.3 is 14.6 Å². The Bertz CT molecular complexity index is 408. The summed E-state index contributed by atoms with van der Waals surface area (Å²) in [7, 11) is 0. The van der Waals surface area contributed by atoms with Crippen molar-refractivity contribution < 1.29 is 80.4 Å². The van der Waals surface area contributed by atoms with E-state index in [0.717, 1.165) is 13.8 Å². The number of carboxylic acid groups (broad SMARTS) is 1. The van der Waals surface area contributed by atoms with Crippen LogP contribution in [0.3, 0.4) is 0 Å². The summed E-state index contributed by atoms with van der Waals surface area (Å²) in [5, 5.41) is 10.6. The van der Waals surface area contributed by atoms with Gasteiger partial charge in [0.25, 0.3) is 0 Å². The minimum absolute atomic E-state index is 0. The third-order valence-electron chi connectivity index (χ3n) is 1.96. The first-order valence-corrected chi connectivity index (χ1v) is 4.04. The summed E-state index contributed by atoms with van der Waals surface area (Å²) in [6.07, 6.45) is 0. The molecule has 6 nitrogen and oxygen atoms in total. The second kappa shape index (κ2) is 5.83. The average molecular weight is 250 g/mol. The number of rotatable bonds is 2. The van der Waals surface area contributed by atoms with Gasteiger partial charge in [0, 0.05) is 0 Å². The van der Waals surface area contributed by atoms with Crippen molar-refractivity contribution in [1.82, 2.24) is 0 Å². The van der Waals surface area contributed by atoms with Crippen LogP contribution in [0.25, 0.3) is 0 Å². The van der Waals surface area contributed by atoms with Crippen LogP contribution in [0.5, 0.6) is 0 Å². The van der Waals surface area contributed by atoms with Crippen LogP contribution in [0.2, 0.25) is 0 Å². The zero-order valence-corrected chi connectivity index (χ0v) is 12.1. The molecule has 1 aliphatic rings. The number of carboxylic acids is 1. The number of allylic oxidation sites excluding steroid dienone is 1. The van der Waals surface area contributed by atoms with Crippen LogP contribution in [0.15, 0.2) is 11.3 Å². The minimum Gasteiger partial charge on any atom is -0.545 e. The van der Waals surface area contributed by atoms with Gasteiger partial charge in [0.15, 0.2) is 17.5 Å². The molecule has 0 aromatic heterocycles. The third kappa shape index (κ3) is 2.86. The summed E-state index contributed by atoms with van der Waals surface area (Å²) >= 11 is 0. The smallest absolute Gasteiger partial charge is 0.545 e. The number of carbonyl (C=O) groups is 4. The SMILES string of the molecule is CC(=O)C1C(=O)OC(C)=C(C(=O)[O-])C1=O.[K+]. The Morgan fingerprint density at radius 3 is 2.19 bits per heavy atom. The maximum absolute atomic E-state index is 11.4. The molecule has 0 amide bonds. The van der Waals surface area contributed by atoms with Gasteiger partial charge in [0.05, 0.1) is 11.5 Å². The Morgan fingerprint density at radius 1 is 1.31 bits per heavy atom. The summed E-state index contributed by atoms with van der Waals surface area (Å²) < 4.78 is 4.48. The number of Topliss-reactive ketones (excluding diaryl/α,β-unsaturated/α-hetero) is 2. The topological polar surface area (TPSA) is 101 Å². The van der Waals surface area contributed by atoms with Crippen LogP contribution in [-0.2, 0) is 23.9 Å². The van der Waals surface area contributed by atoms with Gasteiger partial charge in [-0.2, -0.15) is 0 Å². The van der Waals surface area contributed by atoms with Crippen molar-refractivity contribution in [3.8, 4) is 0 Å². The van der Waals surface area contributed by atoms with Crippen molar-refractivity contribution in [2.75, 3.05) is 0 Å². The summed E-state index contributed by atoms with van der Waals surface area (Å²) in [4.78, 5) is 44.0. The predicted molar refractivity (Wildman–Crippen MR) is 43.0 cm³/mol. The monoisotopic (exact) mass is 250 g/mol. The van der Waals surface area contributed by atoms with Crippen molar-refractivity contribution in [2.45, 2.75) is 13.8 Å². The molecule has 80 valence electrons. The average Bonchev–Trinajstić information content (AvgIpc) is 1.99. The quantitative estimate of drug-likeness (QED) is 0.211. The van der Waals surface area contributed by atoms with E-state index in [4.69, 9.17) is 0 Å². The van der Waals surface area contributed by atoms with Crippen molar-refractivity contribution >= 4 is 23.5 Å². The Labute approximate surface area is 133 Å². The molecule has 0 aliphatic carbocycles. The molecule has 16 heavy (non-hydrogen) atoms. The summed E-state index contributed by atoms with van der Waals surface area (Å²) in [5.74, 6) is -6.65. The van der Waals surface area contributed by atoms with E-state index in [-0.39, 0.29) is 57.1 Å². The van der Waals surface area contributed by atoms with E-state index < -0.39 is 35.0 Å². The van der Waals surface area contributed by atoms with Gasteiger partial charge in [-0.15, -0.1) is 0 Å². The molecule has 1 heterocycles. The molecule has 7 heteroatoms. The molecule has 1 aliphatic heterocycles. The minimum atomic E-state index is -1.75. The Morgan fingerprint density at radius 2 is 1.81 bits per heavy atom. The molecule has 0 aromatic carbocycles. The van der Waals surface area contributed by atoms with Crippen molar-refractivity contribution in [3.05, 3.63) is 11.3 Å². The Kier molecular flexibility index (Phi) is 5.70. The standard InChI is InChI=1S/C9H8O6.K/c1-3(10)5-7(11)6(8(12)13)4(2)15-9(5)14;/h5H,1-2H3,(H,12,13);/q;+1/p-1. The summed E-state index contributed by atoms with van der Waals surface area (Å²) in [6.45, 7) is 2.16. The van der Waals surface area contributed by atoms with E-state index in [1.165, 1.54) is 0 Å². The van der Waals surface area contributed by atoms with Crippen molar-refractivity contribution in [3.63, 3.8) is 0 Å². The fourth-order valence-corrected chi connectivity index (χ4v) is 1.28. The van der Waals surface area contributed by atoms with Crippen LogP contribution >= 0.6 is 0 Å². The van der Waals surface area contributed by atoms with E-state index in [1.807, 2.05) is 0 Å². The molecule has 1 rings (SSSR count). The normalized spacial score (nSPS) is 20.0. The van der Waals surface area contributed by atoms with Gasteiger partial charge in [-0.3, -0.25) is 14.4 Å². The van der Waals surface area contributed by atoms with Gasteiger partial charge in [-0.25, -0.2) is 0 Å². The molecule has 0 N–H and O–H groups in total. The van der Waals surface area contributed by atoms with E-state index >= 15 is 0 Å². The van der Waals surface area contributed by atoms with Gasteiger partial charge in [-0.1, -0.05) is 0 Å². The first-order valence-electron chi connectivity index (χ1n) is 4.04. The van der Waals surface area contributed by atoms with Crippen molar-refractivity contribution in [2.24, 2.45) is 5.92 Å². The molecule has 0 radical (unpaired) electrons. The van der Waals surface area contributed by atoms with Gasteiger partial charge in [-0.05, 0) is 13.8 Å². The molecule has 0 saturated heterocycles. The van der Waals surface area contributed by atoms with Crippen LogP contribution in [-0.4, -0.2) is 23.5 Å². The molecular formula is C9H7KO6. The summed E-state index contributed by atoms with van der Waals surface area (Å²) in [6, 6.07) is 0.